The van der Waals surface area contributed by atoms with Crippen LogP contribution in [0.2, 0.25) is 0 Å². The van der Waals surface area contributed by atoms with Crippen molar-refractivity contribution in [3.05, 3.63) is 40.6 Å². The van der Waals surface area contributed by atoms with E-state index in [1.54, 1.807) is 10.7 Å². The maximum atomic E-state index is 10.6. The van der Waals surface area contributed by atoms with Crippen LogP contribution in [0.15, 0.2) is 35.7 Å². The normalized spacial score (nSPS) is 10.8. The standard InChI is InChI=1S/C11H7N3OS/c15-6-9-5-8(7-16-9)14-11-4-2-1-3-10(11)12-13-14/h1-7H. The summed E-state index contributed by atoms with van der Waals surface area (Å²) < 4.78 is 1.73. The molecule has 0 bridgehead atoms. The molecule has 0 spiro atoms. The molecule has 3 rings (SSSR count). The molecule has 0 aliphatic rings. The van der Waals surface area contributed by atoms with Crippen molar-refractivity contribution in [2.45, 2.75) is 0 Å². The van der Waals surface area contributed by atoms with E-state index >= 15 is 0 Å². The highest BCUT2D eigenvalue weighted by Gasteiger charge is 2.07. The average molecular weight is 229 g/mol. The fraction of sp³-hybridized carbons (Fsp3) is 0. The van der Waals surface area contributed by atoms with Gasteiger partial charge in [0.1, 0.15) is 5.52 Å². The molecule has 16 heavy (non-hydrogen) atoms. The Bertz CT molecular complexity index is 656. The molecule has 0 aliphatic heterocycles. The number of aromatic nitrogens is 3. The minimum atomic E-state index is 0.689. The van der Waals surface area contributed by atoms with E-state index in [1.165, 1.54) is 11.3 Å². The maximum absolute atomic E-state index is 10.6. The van der Waals surface area contributed by atoms with Crippen molar-refractivity contribution < 1.29 is 4.79 Å². The highest BCUT2D eigenvalue weighted by atomic mass is 32.1. The van der Waals surface area contributed by atoms with E-state index in [0.717, 1.165) is 23.0 Å². The number of fused-ring (bicyclic) bond motifs is 1. The van der Waals surface area contributed by atoms with Gasteiger partial charge in [-0.1, -0.05) is 17.3 Å². The molecule has 4 nitrogen and oxygen atoms in total. The zero-order valence-corrected chi connectivity index (χ0v) is 9.02. The van der Waals surface area contributed by atoms with Crippen molar-refractivity contribution in [2.24, 2.45) is 0 Å². The molecule has 0 radical (unpaired) electrons. The van der Waals surface area contributed by atoms with Gasteiger partial charge < -0.3 is 0 Å². The molecule has 0 aliphatic carbocycles. The van der Waals surface area contributed by atoms with Crippen LogP contribution in [-0.2, 0) is 0 Å². The second-order valence-electron chi connectivity index (χ2n) is 3.32. The number of thiophene rings is 1. The lowest BCUT2D eigenvalue weighted by molar-refractivity contribution is 0.112. The van der Waals surface area contributed by atoms with Gasteiger partial charge in [-0.15, -0.1) is 16.4 Å². The van der Waals surface area contributed by atoms with Crippen LogP contribution in [0.5, 0.6) is 0 Å². The Balaban J connectivity index is 2.21. The molecule has 3 aromatic rings. The number of carbonyl (C=O) groups excluding carboxylic acids is 1. The zero-order valence-electron chi connectivity index (χ0n) is 8.20. The monoisotopic (exact) mass is 229 g/mol. The van der Waals surface area contributed by atoms with E-state index in [4.69, 9.17) is 0 Å². The molecule has 0 amide bonds. The highest BCUT2D eigenvalue weighted by Crippen LogP contribution is 2.20. The third-order valence-corrected chi connectivity index (χ3v) is 3.16. The number of carbonyl (C=O) groups is 1. The van der Waals surface area contributed by atoms with Crippen molar-refractivity contribution in [2.75, 3.05) is 0 Å². The molecule has 0 fully saturated rings. The predicted molar refractivity (Wildman–Crippen MR) is 62.1 cm³/mol. The van der Waals surface area contributed by atoms with E-state index in [2.05, 4.69) is 10.3 Å². The van der Waals surface area contributed by atoms with Gasteiger partial charge >= 0.3 is 0 Å². The Morgan fingerprint density at radius 2 is 2.19 bits per heavy atom. The SMILES string of the molecule is O=Cc1cc(-n2nnc3ccccc32)cs1. The van der Waals surface area contributed by atoms with Gasteiger partial charge in [0.2, 0.25) is 0 Å². The van der Waals surface area contributed by atoms with E-state index in [0.29, 0.717) is 4.88 Å². The lowest BCUT2D eigenvalue weighted by Gasteiger charge is -1.96. The van der Waals surface area contributed by atoms with Crippen molar-refractivity contribution in [3.63, 3.8) is 0 Å². The summed E-state index contributed by atoms with van der Waals surface area (Å²) in [7, 11) is 0. The Morgan fingerprint density at radius 1 is 1.31 bits per heavy atom. The van der Waals surface area contributed by atoms with Crippen molar-refractivity contribution in [3.8, 4) is 5.69 Å². The first-order valence-electron chi connectivity index (χ1n) is 4.73. The van der Waals surface area contributed by atoms with Crippen LogP contribution in [0.25, 0.3) is 16.7 Å². The Hall–Kier alpha value is -2.01. The minimum absolute atomic E-state index is 0.689. The zero-order chi connectivity index (χ0) is 11.0. The molecule has 2 heterocycles. The van der Waals surface area contributed by atoms with Gasteiger partial charge in [-0.25, -0.2) is 4.68 Å². The molecule has 0 N–H and O–H groups in total. The molecular weight excluding hydrogens is 222 g/mol. The fourth-order valence-electron chi connectivity index (χ4n) is 1.57. The maximum Gasteiger partial charge on any atom is 0.160 e. The Labute approximate surface area is 95.1 Å². The summed E-state index contributed by atoms with van der Waals surface area (Å²) in [5, 5.41) is 10.0. The van der Waals surface area contributed by atoms with Gasteiger partial charge in [0.25, 0.3) is 0 Å². The van der Waals surface area contributed by atoms with E-state index in [-0.39, 0.29) is 0 Å². The summed E-state index contributed by atoms with van der Waals surface area (Å²) >= 11 is 1.40. The van der Waals surface area contributed by atoms with Crippen molar-refractivity contribution >= 4 is 28.7 Å². The number of hydrogen-bond donors (Lipinski definition) is 0. The third-order valence-electron chi connectivity index (χ3n) is 2.32. The number of rotatable bonds is 2. The topological polar surface area (TPSA) is 47.8 Å². The van der Waals surface area contributed by atoms with Crippen LogP contribution in [0.1, 0.15) is 9.67 Å². The first kappa shape index (κ1) is 9.23. The van der Waals surface area contributed by atoms with Crippen LogP contribution >= 0.6 is 11.3 Å². The molecule has 0 unspecified atom stereocenters. The Kier molecular flexibility index (Phi) is 2.04. The highest BCUT2D eigenvalue weighted by molar-refractivity contribution is 7.12. The smallest absolute Gasteiger partial charge is 0.160 e. The van der Waals surface area contributed by atoms with Crippen LogP contribution < -0.4 is 0 Å². The van der Waals surface area contributed by atoms with E-state index in [1.807, 2.05) is 29.6 Å². The first-order chi connectivity index (χ1) is 7.88. The Morgan fingerprint density at radius 3 is 3.00 bits per heavy atom. The summed E-state index contributed by atoms with van der Waals surface area (Å²) in [6, 6.07) is 9.53. The third kappa shape index (κ3) is 1.33. The fourth-order valence-corrected chi connectivity index (χ4v) is 2.24. The van der Waals surface area contributed by atoms with Crippen LogP contribution in [0.4, 0.5) is 0 Å². The molecule has 0 saturated heterocycles. The molecule has 5 heteroatoms. The first-order valence-corrected chi connectivity index (χ1v) is 5.61. The summed E-state index contributed by atoms with van der Waals surface area (Å²) in [5.74, 6) is 0. The number of aldehydes is 1. The second-order valence-corrected chi connectivity index (χ2v) is 4.26. The van der Waals surface area contributed by atoms with Gasteiger partial charge in [-0.05, 0) is 18.2 Å². The quantitative estimate of drug-likeness (QED) is 0.633. The van der Waals surface area contributed by atoms with Gasteiger partial charge in [0.05, 0.1) is 16.1 Å². The van der Waals surface area contributed by atoms with Crippen molar-refractivity contribution in [1.82, 2.24) is 15.0 Å². The van der Waals surface area contributed by atoms with Gasteiger partial charge in [0.15, 0.2) is 6.29 Å². The number of benzene rings is 1. The molecule has 2 aromatic heterocycles. The van der Waals surface area contributed by atoms with Gasteiger partial charge in [-0.2, -0.15) is 0 Å². The minimum Gasteiger partial charge on any atom is -0.297 e. The van der Waals surface area contributed by atoms with Gasteiger partial charge in [0, 0.05) is 5.38 Å². The lowest BCUT2D eigenvalue weighted by Crippen LogP contribution is -1.93. The summed E-state index contributed by atoms with van der Waals surface area (Å²) in [6.07, 6.45) is 0.841. The van der Waals surface area contributed by atoms with Gasteiger partial charge in [-0.3, -0.25) is 4.79 Å². The second kappa shape index (κ2) is 3.53. The average Bonchev–Trinajstić information content (AvgIpc) is 2.94. The number of hydrogen-bond acceptors (Lipinski definition) is 4. The molecular formula is C11H7N3OS. The van der Waals surface area contributed by atoms with Crippen LogP contribution in [0, 0.1) is 0 Å². The molecule has 1 aromatic carbocycles. The molecule has 78 valence electrons. The summed E-state index contributed by atoms with van der Waals surface area (Å²) in [4.78, 5) is 11.3. The lowest BCUT2D eigenvalue weighted by atomic mass is 10.3. The molecule has 0 atom stereocenters. The molecule has 0 saturated carbocycles. The number of para-hydroxylation sites is 1. The van der Waals surface area contributed by atoms with E-state index in [9.17, 15) is 4.79 Å². The predicted octanol–water partition coefficient (Wildman–Crippen LogP) is 2.29. The summed E-state index contributed by atoms with van der Waals surface area (Å²) in [5.41, 5.74) is 2.67. The van der Waals surface area contributed by atoms with Crippen molar-refractivity contribution in [1.29, 1.82) is 0 Å². The van der Waals surface area contributed by atoms with E-state index < -0.39 is 0 Å². The van der Waals surface area contributed by atoms with Crippen LogP contribution in [-0.4, -0.2) is 21.3 Å². The van der Waals surface area contributed by atoms with Crippen LogP contribution in [0.3, 0.4) is 0 Å². The summed E-state index contributed by atoms with van der Waals surface area (Å²) in [6.45, 7) is 0. The largest absolute Gasteiger partial charge is 0.297 e. The number of nitrogens with zero attached hydrogens (tertiary/aromatic N) is 3.